The van der Waals surface area contributed by atoms with E-state index in [-0.39, 0.29) is 47.7 Å². The third-order valence-corrected chi connectivity index (χ3v) is 15.5. The molecule has 12 heteroatoms. The maximum absolute atomic E-state index is 16.5. The van der Waals surface area contributed by atoms with Gasteiger partial charge in [0, 0.05) is 75.3 Å². The van der Waals surface area contributed by atoms with Crippen molar-refractivity contribution < 1.29 is 33.4 Å². The molecule has 62 heavy (non-hydrogen) atoms. The van der Waals surface area contributed by atoms with Gasteiger partial charge in [0.05, 0.1) is 24.5 Å². The zero-order chi connectivity index (χ0) is 42.3. The summed E-state index contributed by atoms with van der Waals surface area (Å²) in [7, 11) is 1.69. The third kappa shape index (κ3) is 6.76. The van der Waals surface area contributed by atoms with Crippen LogP contribution in [-0.4, -0.2) is 97.7 Å². The molecule has 4 atom stereocenters. The van der Waals surface area contributed by atoms with Gasteiger partial charge in [-0.1, -0.05) is 36.4 Å². The average molecular weight is 840 g/mol. The van der Waals surface area contributed by atoms with Crippen molar-refractivity contribution in [1.29, 1.82) is 0 Å². The Morgan fingerprint density at radius 3 is 2.48 bits per heavy atom. The average Bonchev–Trinajstić information content (AvgIpc) is 3.59. The molecule has 4 fully saturated rings. The summed E-state index contributed by atoms with van der Waals surface area (Å²) in [4.78, 5) is 46.6. The number of amides is 3. The molecule has 2 aliphatic carbocycles. The van der Waals surface area contributed by atoms with Crippen molar-refractivity contribution in [3.05, 3.63) is 112 Å². The van der Waals surface area contributed by atoms with E-state index in [0.717, 1.165) is 98.6 Å². The van der Waals surface area contributed by atoms with Gasteiger partial charge in [0.1, 0.15) is 35.7 Å². The van der Waals surface area contributed by atoms with E-state index in [4.69, 9.17) is 9.47 Å². The van der Waals surface area contributed by atoms with Gasteiger partial charge < -0.3 is 29.3 Å². The molecule has 3 saturated heterocycles. The van der Waals surface area contributed by atoms with Crippen LogP contribution in [-0.2, 0) is 22.6 Å². The van der Waals surface area contributed by atoms with Crippen molar-refractivity contribution in [3.63, 3.8) is 0 Å². The van der Waals surface area contributed by atoms with E-state index in [1.807, 2.05) is 30.3 Å². The molecule has 0 radical (unpaired) electrons. The van der Waals surface area contributed by atoms with Crippen LogP contribution in [0.25, 0.3) is 0 Å². The number of nitrogens with one attached hydrogen (secondary N) is 1. The fraction of sp³-hybridized carbons (Fsp3) is 0.460. The number of fused-ring (bicyclic) bond motifs is 5. The van der Waals surface area contributed by atoms with Crippen LogP contribution in [0.5, 0.6) is 17.2 Å². The highest BCUT2D eigenvalue weighted by molar-refractivity contribution is 6.06. The summed E-state index contributed by atoms with van der Waals surface area (Å²) in [6, 6.07) is 23.3. The highest BCUT2D eigenvalue weighted by atomic mass is 19.1. The van der Waals surface area contributed by atoms with Gasteiger partial charge in [-0.2, -0.15) is 0 Å². The van der Waals surface area contributed by atoms with Crippen LogP contribution in [0.4, 0.5) is 15.8 Å². The molecule has 0 unspecified atom stereocenters. The van der Waals surface area contributed by atoms with Crippen molar-refractivity contribution in [2.24, 2.45) is 11.3 Å². The second-order valence-corrected chi connectivity index (χ2v) is 19.0. The van der Waals surface area contributed by atoms with Crippen molar-refractivity contribution in [2.45, 2.75) is 81.8 Å². The molecule has 322 valence electrons. The minimum absolute atomic E-state index is 0.103. The van der Waals surface area contributed by atoms with E-state index in [1.165, 1.54) is 18.4 Å². The van der Waals surface area contributed by atoms with Gasteiger partial charge in [0.2, 0.25) is 11.8 Å². The predicted molar refractivity (Wildman–Crippen MR) is 233 cm³/mol. The third-order valence-electron chi connectivity index (χ3n) is 15.5. The lowest BCUT2D eigenvalue weighted by Crippen LogP contribution is -2.59. The maximum Gasteiger partial charge on any atom is 0.255 e. The zero-order valence-electron chi connectivity index (χ0n) is 35.3. The van der Waals surface area contributed by atoms with E-state index < -0.39 is 11.9 Å². The summed E-state index contributed by atoms with van der Waals surface area (Å²) in [5.41, 5.74) is 7.75. The number of nitrogens with zero attached hydrogens (tertiary/aromatic N) is 4. The largest absolute Gasteiger partial charge is 0.508 e. The monoisotopic (exact) mass is 839 g/mol. The molecule has 0 bridgehead atoms. The fourth-order valence-electron chi connectivity index (χ4n) is 12.4. The second-order valence-electron chi connectivity index (χ2n) is 19.0. The minimum Gasteiger partial charge on any atom is -0.508 e. The Hall–Kier alpha value is -5.62. The van der Waals surface area contributed by atoms with Gasteiger partial charge in [-0.25, -0.2) is 4.39 Å². The number of carbonyl (C=O) groups excluding carboxylic acids is 3. The number of piperidine rings is 2. The van der Waals surface area contributed by atoms with Gasteiger partial charge in [-0.05, 0) is 115 Å². The van der Waals surface area contributed by atoms with Gasteiger partial charge in [-0.15, -0.1) is 0 Å². The molecule has 11 rings (SSSR count). The summed E-state index contributed by atoms with van der Waals surface area (Å²) in [5.74, 6) is 1.31. The summed E-state index contributed by atoms with van der Waals surface area (Å²) in [6.45, 7) is 6.40. The Kier molecular flexibility index (Phi) is 9.70. The number of anilines is 2. The van der Waals surface area contributed by atoms with E-state index in [0.29, 0.717) is 47.9 Å². The number of carbonyl (C=O) groups is 3. The van der Waals surface area contributed by atoms with Crippen LogP contribution in [0.3, 0.4) is 0 Å². The van der Waals surface area contributed by atoms with Gasteiger partial charge in [0.25, 0.3) is 5.91 Å². The number of imide groups is 1. The number of aryl methyl sites for hydroxylation is 1. The van der Waals surface area contributed by atoms with Crippen molar-refractivity contribution in [3.8, 4) is 17.2 Å². The van der Waals surface area contributed by atoms with Crippen LogP contribution < -0.4 is 24.6 Å². The van der Waals surface area contributed by atoms with Crippen LogP contribution in [0, 0.1) is 17.2 Å². The molecule has 7 aliphatic rings. The van der Waals surface area contributed by atoms with Gasteiger partial charge in [0.15, 0.2) is 0 Å². The van der Waals surface area contributed by atoms with E-state index >= 15 is 4.39 Å². The van der Waals surface area contributed by atoms with Crippen LogP contribution in [0.1, 0.15) is 95.0 Å². The number of hydrogen-bond donors (Lipinski definition) is 2. The standard InChI is InChI=1S/C50H54FN5O6/c1-61-44-23-42(40(51)21-39(44)47-36(31-5-3-2-4-6-31)9-7-32-19-35(57)8-10-37(32)47)54-15-13-50(14-16-54)24-30(25-50)26-53-17-18-55-34(28-53)29-62-45-22-38-33(20-43(45)55)27-56(49(38)60)41-11-12-46(58)52-48(41)59/h2-6,8,10,19-23,30,34,36,41,47,57H,7,9,11-18,24-29H2,1H3,(H,52,58,59)/t34-,36+,41-,47-/m0/s1. The molecule has 0 aromatic heterocycles. The SMILES string of the molecule is COc1cc(N2CCC3(CC2)CC(CN2CCN4c5cc6c(cc5OC[C@@H]4C2)C(=O)N([C@H]2CCC(=O)NC2=O)C6)C3)c(F)cc1[C@@H]1c2ccc(O)cc2CC[C@@H]1c1ccccc1. The first-order valence-electron chi connectivity index (χ1n) is 22.6. The molecular weight excluding hydrogens is 786 g/mol. The first-order chi connectivity index (χ1) is 30.1. The van der Waals surface area contributed by atoms with E-state index in [1.54, 1.807) is 24.1 Å². The van der Waals surface area contributed by atoms with Gasteiger partial charge in [-0.3, -0.25) is 24.6 Å². The van der Waals surface area contributed by atoms with Crippen LogP contribution in [0.15, 0.2) is 72.8 Å². The summed E-state index contributed by atoms with van der Waals surface area (Å²) in [5, 5.41) is 12.7. The number of phenols is 1. The predicted octanol–water partition coefficient (Wildman–Crippen LogP) is 6.74. The topological polar surface area (TPSA) is 115 Å². The maximum atomic E-state index is 16.5. The lowest BCUT2D eigenvalue weighted by molar-refractivity contribution is -0.136. The zero-order valence-corrected chi connectivity index (χ0v) is 35.3. The molecule has 11 nitrogen and oxygen atoms in total. The number of piperazine rings is 1. The highest BCUT2D eigenvalue weighted by Gasteiger charge is 2.48. The Balaban J connectivity index is 0.715. The normalized spacial score (nSPS) is 25.6. The molecule has 1 saturated carbocycles. The lowest BCUT2D eigenvalue weighted by Gasteiger charge is -2.54. The van der Waals surface area contributed by atoms with Crippen molar-refractivity contribution in [2.75, 3.05) is 62.8 Å². The summed E-state index contributed by atoms with van der Waals surface area (Å²) >= 11 is 0. The smallest absolute Gasteiger partial charge is 0.255 e. The first-order valence-corrected chi connectivity index (χ1v) is 22.6. The first kappa shape index (κ1) is 39.2. The molecule has 3 amide bonds. The summed E-state index contributed by atoms with van der Waals surface area (Å²) in [6.07, 6.45) is 6.84. The van der Waals surface area contributed by atoms with E-state index in [9.17, 15) is 19.5 Å². The fourth-order valence-corrected chi connectivity index (χ4v) is 12.4. The van der Waals surface area contributed by atoms with Crippen LogP contribution in [0.2, 0.25) is 0 Å². The number of hydrogen-bond acceptors (Lipinski definition) is 9. The van der Waals surface area contributed by atoms with Gasteiger partial charge >= 0.3 is 0 Å². The second kappa shape index (κ2) is 15.3. The quantitative estimate of drug-likeness (QED) is 0.196. The highest BCUT2D eigenvalue weighted by Crippen LogP contribution is 2.55. The Morgan fingerprint density at radius 1 is 0.871 bits per heavy atom. The molecule has 2 N–H and O–H groups in total. The van der Waals surface area contributed by atoms with Crippen LogP contribution >= 0.6 is 0 Å². The molecule has 5 aliphatic heterocycles. The lowest BCUT2D eigenvalue weighted by atomic mass is 9.57. The Morgan fingerprint density at radius 2 is 1.69 bits per heavy atom. The molecule has 4 aromatic carbocycles. The van der Waals surface area contributed by atoms with Crippen molar-refractivity contribution in [1.82, 2.24) is 15.1 Å². The number of rotatable bonds is 7. The number of methoxy groups -OCH3 is 1. The van der Waals surface area contributed by atoms with Crippen molar-refractivity contribution >= 4 is 29.1 Å². The number of phenolic OH excluding ortho intramolecular Hbond substituents is 1. The number of benzene rings is 4. The van der Waals surface area contributed by atoms with E-state index in [2.05, 4.69) is 50.3 Å². The Bertz CT molecular complexity index is 2450. The minimum atomic E-state index is -0.636. The Labute approximate surface area is 361 Å². The molecular formula is C50H54FN5O6. The molecule has 4 aromatic rings. The molecule has 5 heterocycles. The summed E-state index contributed by atoms with van der Waals surface area (Å²) < 4.78 is 28.9. The number of aromatic hydroxyl groups is 1. The number of ether oxygens (including phenoxy) is 2. The molecule has 1 spiro atoms. The number of halogens is 1.